The molecule has 3 atom stereocenters. The van der Waals surface area contributed by atoms with Crippen LogP contribution in [0.1, 0.15) is 68.0 Å². The largest absolute Gasteiger partial charge is 1.00 e. The van der Waals surface area contributed by atoms with Crippen LogP contribution in [0.5, 0.6) is 0 Å². The third-order valence-corrected chi connectivity index (χ3v) is 5.38. The maximum atomic E-state index is 13.6. The molecule has 9 heteroatoms. The van der Waals surface area contributed by atoms with Gasteiger partial charge in [-0.1, -0.05) is 45.1 Å². The van der Waals surface area contributed by atoms with Crippen LogP contribution in [0.25, 0.3) is 17.2 Å². The predicted molar refractivity (Wildman–Crippen MR) is 120 cm³/mol. The van der Waals surface area contributed by atoms with Gasteiger partial charge >= 0.3 is 29.6 Å². The number of rotatable bonds is 11. The number of carbonyl (C=O) groups excluding carboxylic acids is 1. The number of benzene rings is 1. The number of nitrogens with zero attached hydrogens (tertiary/aromatic N) is 1. The van der Waals surface area contributed by atoms with Crippen LogP contribution in [0.15, 0.2) is 30.3 Å². The second kappa shape index (κ2) is 14.0. The van der Waals surface area contributed by atoms with Gasteiger partial charge in [0.15, 0.2) is 0 Å². The van der Waals surface area contributed by atoms with Crippen molar-refractivity contribution in [1.82, 2.24) is 4.98 Å². The van der Waals surface area contributed by atoms with E-state index < -0.39 is 30.4 Å². The summed E-state index contributed by atoms with van der Waals surface area (Å²) in [5.41, 5.74) is 3.50. The second-order valence-electron chi connectivity index (χ2n) is 8.44. The molecule has 0 spiro atoms. The fraction of sp³-hybridized carbons (Fsp3) is 0.440. The summed E-state index contributed by atoms with van der Waals surface area (Å²) in [4.78, 5) is 15.4. The van der Waals surface area contributed by atoms with E-state index >= 15 is 0 Å². The van der Waals surface area contributed by atoms with E-state index in [-0.39, 0.29) is 61.0 Å². The molecule has 0 saturated heterocycles. The Balaban J connectivity index is 0.00000578. The molecule has 1 aromatic heterocycles. The van der Waals surface area contributed by atoms with Gasteiger partial charge in [0.2, 0.25) is 0 Å². The zero-order valence-electron chi connectivity index (χ0n) is 20.0. The van der Waals surface area contributed by atoms with Crippen molar-refractivity contribution in [3.05, 3.63) is 58.7 Å². The first-order valence-electron chi connectivity index (χ1n) is 10.9. The second-order valence-corrected chi connectivity index (χ2v) is 8.44. The van der Waals surface area contributed by atoms with Crippen LogP contribution >= 0.6 is 0 Å². The molecule has 7 nitrogen and oxygen atoms in total. The molecule has 0 bridgehead atoms. The number of hydrogen-bond acceptors (Lipinski definition) is 7. The maximum absolute atomic E-state index is 13.6. The zero-order valence-corrected chi connectivity index (χ0v) is 22.0. The molecule has 0 saturated carbocycles. The number of aliphatic hydroxyl groups excluding tert-OH is 4. The minimum atomic E-state index is -1.41. The van der Waals surface area contributed by atoms with Crippen LogP contribution in [0, 0.1) is 5.82 Å². The standard InChI is InChI=1S/C25H32FNO6.Na/c1-14(2)24-20(9-8-18(30)10-19(31)11-22(32)33)23(16-4-6-17(26)7-5-16)21(13-29)25(27-24)15(3)12-28;/h4-9,14-15,18-19,28-31H,10-13H2,1-3H3,(H,32,33);/q;+1/p-1/b9-8+;. The van der Waals surface area contributed by atoms with Gasteiger partial charge in [-0.2, -0.15) is 0 Å². The monoisotopic (exact) mass is 483 g/mol. The summed E-state index contributed by atoms with van der Waals surface area (Å²) >= 11 is 0. The van der Waals surface area contributed by atoms with Gasteiger partial charge in [-0.25, -0.2) is 4.39 Å². The van der Waals surface area contributed by atoms with Gasteiger partial charge in [-0.15, -0.1) is 0 Å². The smallest absolute Gasteiger partial charge is 0.550 e. The van der Waals surface area contributed by atoms with Crippen LogP contribution in [-0.2, 0) is 11.4 Å². The Kier molecular flexibility index (Phi) is 12.5. The van der Waals surface area contributed by atoms with Crippen molar-refractivity contribution in [2.75, 3.05) is 6.61 Å². The molecule has 0 aliphatic heterocycles. The Morgan fingerprint density at radius 2 is 1.74 bits per heavy atom. The summed E-state index contributed by atoms with van der Waals surface area (Å²) in [6.07, 6.45) is -0.168. The Labute approximate surface area is 221 Å². The van der Waals surface area contributed by atoms with Crippen molar-refractivity contribution < 1.29 is 64.3 Å². The number of halogens is 1. The average molecular weight is 484 g/mol. The molecule has 1 heterocycles. The number of hydrogen-bond donors (Lipinski definition) is 4. The number of pyridine rings is 1. The number of aromatic nitrogens is 1. The van der Waals surface area contributed by atoms with Gasteiger partial charge in [-0.05, 0) is 29.2 Å². The van der Waals surface area contributed by atoms with Gasteiger partial charge in [0.25, 0.3) is 0 Å². The van der Waals surface area contributed by atoms with E-state index in [1.165, 1.54) is 18.2 Å². The Hall–Kier alpha value is -1.65. The van der Waals surface area contributed by atoms with Crippen LogP contribution in [-0.4, -0.2) is 50.2 Å². The number of aliphatic hydroxyl groups is 4. The topological polar surface area (TPSA) is 134 Å². The summed E-state index contributed by atoms with van der Waals surface area (Å²) in [5, 5.41) is 50.7. The number of carbonyl (C=O) groups is 1. The van der Waals surface area contributed by atoms with E-state index in [9.17, 15) is 34.7 Å². The van der Waals surface area contributed by atoms with E-state index in [1.807, 2.05) is 13.8 Å². The van der Waals surface area contributed by atoms with Crippen molar-refractivity contribution in [3.8, 4) is 11.1 Å². The molecule has 34 heavy (non-hydrogen) atoms. The third kappa shape index (κ3) is 7.95. The molecule has 2 aromatic rings. The van der Waals surface area contributed by atoms with E-state index in [0.29, 0.717) is 33.6 Å². The number of carboxylic acid groups (broad SMARTS) is 1. The molecule has 0 amide bonds. The summed E-state index contributed by atoms with van der Waals surface area (Å²) in [6.45, 7) is 5.11. The molecule has 0 radical (unpaired) electrons. The molecule has 180 valence electrons. The fourth-order valence-electron chi connectivity index (χ4n) is 3.73. The van der Waals surface area contributed by atoms with Crippen molar-refractivity contribution in [1.29, 1.82) is 0 Å². The van der Waals surface area contributed by atoms with Crippen molar-refractivity contribution in [3.63, 3.8) is 0 Å². The fourth-order valence-corrected chi connectivity index (χ4v) is 3.73. The molecular formula is C25H31FNNaO6. The van der Waals surface area contributed by atoms with Gasteiger partial charge in [0.1, 0.15) is 5.82 Å². The summed E-state index contributed by atoms with van der Waals surface area (Å²) in [5.74, 6) is -2.25. The maximum Gasteiger partial charge on any atom is 1.00 e. The van der Waals surface area contributed by atoms with Gasteiger partial charge in [0.05, 0.1) is 36.8 Å². The predicted octanol–water partition coefficient (Wildman–Crippen LogP) is -1.13. The van der Waals surface area contributed by atoms with E-state index in [2.05, 4.69) is 0 Å². The summed E-state index contributed by atoms with van der Waals surface area (Å²) in [7, 11) is 0. The first-order chi connectivity index (χ1) is 15.6. The normalized spacial score (nSPS) is 14.1. The summed E-state index contributed by atoms with van der Waals surface area (Å²) in [6, 6.07) is 5.77. The van der Waals surface area contributed by atoms with Crippen LogP contribution in [0.4, 0.5) is 4.39 Å². The molecule has 3 unspecified atom stereocenters. The average Bonchev–Trinajstić information content (AvgIpc) is 2.75. The quantitative estimate of drug-likeness (QED) is 0.297. The van der Waals surface area contributed by atoms with Crippen molar-refractivity contribution in [2.45, 2.75) is 64.3 Å². The van der Waals surface area contributed by atoms with Gasteiger partial charge < -0.3 is 30.3 Å². The summed E-state index contributed by atoms with van der Waals surface area (Å²) < 4.78 is 13.6. The first-order valence-corrected chi connectivity index (χ1v) is 10.9. The molecule has 2 rings (SSSR count). The Bertz CT molecular complexity index is 980. The molecule has 0 fully saturated rings. The molecular weight excluding hydrogens is 452 g/mol. The van der Waals surface area contributed by atoms with E-state index in [1.54, 1.807) is 25.1 Å². The Morgan fingerprint density at radius 1 is 1.12 bits per heavy atom. The van der Waals surface area contributed by atoms with Crippen LogP contribution in [0.2, 0.25) is 0 Å². The third-order valence-electron chi connectivity index (χ3n) is 5.38. The minimum Gasteiger partial charge on any atom is -0.550 e. The van der Waals surface area contributed by atoms with Gasteiger partial charge in [0, 0.05) is 35.9 Å². The van der Waals surface area contributed by atoms with E-state index in [4.69, 9.17) is 4.98 Å². The van der Waals surface area contributed by atoms with Gasteiger partial charge in [-0.3, -0.25) is 4.98 Å². The number of aliphatic carboxylic acids is 1. The van der Waals surface area contributed by atoms with Crippen molar-refractivity contribution in [2.24, 2.45) is 0 Å². The molecule has 1 aromatic carbocycles. The zero-order chi connectivity index (χ0) is 24.7. The minimum absolute atomic E-state index is 0. The van der Waals surface area contributed by atoms with E-state index in [0.717, 1.165) is 0 Å². The number of carboxylic acids is 1. The SMILES string of the molecule is CC(C)c1nc(C(C)CO)c(CO)c(-c2ccc(F)cc2)c1/C=C/C(O)CC(O)CC(=O)[O-].[Na+]. The van der Waals surface area contributed by atoms with Crippen LogP contribution in [0.3, 0.4) is 0 Å². The first kappa shape index (κ1) is 30.4. The Morgan fingerprint density at radius 3 is 2.24 bits per heavy atom. The molecule has 4 N–H and O–H groups in total. The molecule has 0 aliphatic rings. The molecule has 0 aliphatic carbocycles. The van der Waals surface area contributed by atoms with Crippen molar-refractivity contribution >= 4 is 12.0 Å². The van der Waals surface area contributed by atoms with Crippen LogP contribution < -0.4 is 34.7 Å².